The van der Waals surface area contributed by atoms with E-state index in [9.17, 15) is 18.0 Å². The maximum Gasteiger partial charge on any atom is 0.416 e. The van der Waals surface area contributed by atoms with Gasteiger partial charge in [-0.25, -0.2) is 0 Å². The Labute approximate surface area is 144 Å². The van der Waals surface area contributed by atoms with E-state index in [2.05, 4.69) is 5.32 Å². The van der Waals surface area contributed by atoms with E-state index in [1.54, 1.807) is 0 Å². The molecule has 0 heterocycles. The zero-order chi connectivity index (χ0) is 18.3. The molecule has 0 aliphatic carbocycles. The first-order valence-corrected chi connectivity index (χ1v) is 7.98. The van der Waals surface area contributed by atoms with Gasteiger partial charge in [-0.2, -0.15) is 13.2 Å². The van der Waals surface area contributed by atoms with Crippen molar-refractivity contribution in [3.05, 3.63) is 65.7 Å². The first-order chi connectivity index (χ1) is 11.8. The van der Waals surface area contributed by atoms with E-state index < -0.39 is 11.7 Å². The van der Waals surface area contributed by atoms with E-state index >= 15 is 0 Å². The average molecular weight is 351 g/mol. The van der Waals surface area contributed by atoms with Crippen molar-refractivity contribution in [3.63, 3.8) is 0 Å². The van der Waals surface area contributed by atoms with Crippen LogP contribution in [0.2, 0.25) is 0 Å². The van der Waals surface area contributed by atoms with Crippen LogP contribution < -0.4 is 10.1 Å². The van der Waals surface area contributed by atoms with E-state index in [-0.39, 0.29) is 24.3 Å². The molecule has 0 aliphatic rings. The Morgan fingerprint density at radius 3 is 2.52 bits per heavy atom. The fraction of sp³-hybridized carbons (Fsp3) is 0.316. The maximum absolute atomic E-state index is 12.6. The molecule has 0 fully saturated rings. The molecule has 3 nitrogen and oxygen atoms in total. The lowest BCUT2D eigenvalue weighted by Crippen LogP contribution is -2.36. The highest BCUT2D eigenvalue weighted by atomic mass is 19.4. The third-order valence-electron chi connectivity index (χ3n) is 3.65. The quantitative estimate of drug-likeness (QED) is 0.811. The van der Waals surface area contributed by atoms with Crippen molar-refractivity contribution in [1.82, 2.24) is 5.32 Å². The fourth-order valence-corrected chi connectivity index (χ4v) is 2.33. The van der Waals surface area contributed by atoms with Crippen molar-refractivity contribution in [2.24, 2.45) is 0 Å². The SMILES string of the molecule is C[C@@H](CCc1ccccc1)NC(=O)COc1cccc(C(F)(F)F)c1. The van der Waals surface area contributed by atoms with Gasteiger partial charge in [0.05, 0.1) is 5.56 Å². The van der Waals surface area contributed by atoms with Gasteiger partial charge < -0.3 is 10.1 Å². The van der Waals surface area contributed by atoms with Gasteiger partial charge in [0, 0.05) is 6.04 Å². The molecule has 0 bridgehead atoms. The molecule has 6 heteroatoms. The number of rotatable bonds is 7. The summed E-state index contributed by atoms with van der Waals surface area (Å²) in [4.78, 5) is 11.9. The van der Waals surface area contributed by atoms with E-state index in [0.29, 0.717) is 0 Å². The van der Waals surface area contributed by atoms with Crippen LogP contribution in [0.25, 0.3) is 0 Å². The predicted octanol–water partition coefficient (Wildman–Crippen LogP) is 4.22. The lowest BCUT2D eigenvalue weighted by atomic mass is 10.1. The van der Waals surface area contributed by atoms with Crippen LogP contribution in [-0.2, 0) is 17.4 Å². The van der Waals surface area contributed by atoms with Crippen LogP contribution >= 0.6 is 0 Å². The first kappa shape index (κ1) is 18.8. The van der Waals surface area contributed by atoms with Crippen LogP contribution in [0.5, 0.6) is 5.75 Å². The van der Waals surface area contributed by atoms with Gasteiger partial charge in [0.25, 0.3) is 5.91 Å². The number of carbonyl (C=O) groups excluding carboxylic acids is 1. The lowest BCUT2D eigenvalue weighted by molar-refractivity contribution is -0.137. The van der Waals surface area contributed by atoms with Gasteiger partial charge in [-0.05, 0) is 43.5 Å². The number of aryl methyl sites for hydroxylation is 1. The minimum atomic E-state index is -4.44. The predicted molar refractivity (Wildman–Crippen MR) is 89.3 cm³/mol. The van der Waals surface area contributed by atoms with Gasteiger partial charge >= 0.3 is 6.18 Å². The number of halogens is 3. The molecule has 1 atom stereocenters. The molecule has 0 aromatic heterocycles. The zero-order valence-corrected chi connectivity index (χ0v) is 13.8. The van der Waals surface area contributed by atoms with Gasteiger partial charge in [-0.15, -0.1) is 0 Å². The van der Waals surface area contributed by atoms with Crippen molar-refractivity contribution in [1.29, 1.82) is 0 Å². The van der Waals surface area contributed by atoms with Gasteiger partial charge in [0.2, 0.25) is 0 Å². The second-order valence-electron chi connectivity index (χ2n) is 5.81. The summed E-state index contributed by atoms with van der Waals surface area (Å²) in [5.41, 5.74) is 0.380. The number of hydrogen-bond acceptors (Lipinski definition) is 2. The largest absolute Gasteiger partial charge is 0.484 e. The Bertz CT molecular complexity index is 687. The number of nitrogens with one attached hydrogen (secondary N) is 1. The number of ether oxygens (including phenoxy) is 1. The van der Waals surface area contributed by atoms with Gasteiger partial charge in [-0.3, -0.25) is 4.79 Å². The highest BCUT2D eigenvalue weighted by molar-refractivity contribution is 5.77. The molecule has 0 saturated carbocycles. The van der Waals surface area contributed by atoms with Gasteiger partial charge in [0.1, 0.15) is 5.75 Å². The molecule has 25 heavy (non-hydrogen) atoms. The van der Waals surface area contributed by atoms with E-state index in [1.807, 2.05) is 37.3 Å². The van der Waals surface area contributed by atoms with E-state index in [0.717, 1.165) is 25.0 Å². The molecular weight excluding hydrogens is 331 g/mol. The standard InChI is InChI=1S/C19H20F3NO2/c1-14(10-11-15-6-3-2-4-7-15)23-18(24)13-25-17-9-5-8-16(12-17)19(20,21)22/h2-9,12,14H,10-11,13H2,1H3,(H,23,24)/t14-/m0/s1. The van der Waals surface area contributed by atoms with E-state index in [1.165, 1.54) is 17.7 Å². The Balaban J connectivity index is 1.76. The Hall–Kier alpha value is -2.50. The summed E-state index contributed by atoms with van der Waals surface area (Å²) < 4.78 is 43.0. The first-order valence-electron chi connectivity index (χ1n) is 7.98. The minimum Gasteiger partial charge on any atom is -0.484 e. The van der Waals surface area contributed by atoms with Gasteiger partial charge in [0.15, 0.2) is 6.61 Å². The highest BCUT2D eigenvalue weighted by Crippen LogP contribution is 2.31. The van der Waals surface area contributed by atoms with Crippen molar-refractivity contribution >= 4 is 5.91 Å². The highest BCUT2D eigenvalue weighted by Gasteiger charge is 2.30. The molecule has 0 radical (unpaired) electrons. The fourth-order valence-electron chi connectivity index (χ4n) is 2.33. The summed E-state index contributed by atoms with van der Waals surface area (Å²) >= 11 is 0. The normalized spacial score (nSPS) is 12.5. The summed E-state index contributed by atoms with van der Waals surface area (Å²) in [7, 11) is 0. The molecule has 0 aliphatic heterocycles. The van der Waals surface area contributed by atoms with Crippen molar-refractivity contribution in [2.75, 3.05) is 6.61 Å². The summed E-state index contributed by atoms with van der Waals surface area (Å²) in [6, 6.07) is 14.3. The molecule has 2 aromatic rings. The van der Waals surface area contributed by atoms with Crippen molar-refractivity contribution < 1.29 is 22.7 Å². The molecule has 2 rings (SSSR count). The molecule has 0 saturated heterocycles. The summed E-state index contributed by atoms with van der Waals surface area (Å²) in [6.07, 6.45) is -2.84. The molecule has 2 aromatic carbocycles. The number of alkyl halides is 3. The Morgan fingerprint density at radius 2 is 1.84 bits per heavy atom. The minimum absolute atomic E-state index is 0.0157. The molecule has 0 unspecified atom stereocenters. The van der Waals surface area contributed by atoms with Crippen LogP contribution in [0.1, 0.15) is 24.5 Å². The Morgan fingerprint density at radius 1 is 1.12 bits per heavy atom. The van der Waals surface area contributed by atoms with Crippen LogP contribution in [-0.4, -0.2) is 18.6 Å². The summed E-state index contributed by atoms with van der Waals surface area (Å²) in [5.74, 6) is -0.347. The number of benzene rings is 2. The van der Waals surface area contributed by atoms with Crippen molar-refractivity contribution in [3.8, 4) is 5.75 Å². The number of amides is 1. The second kappa shape index (κ2) is 8.55. The molecule has 1 amide bonds. The lowest BCUT2D eigenvalue weighted by Gasteiger charge is -2.15. The molecular formula is C19H20F3NO2. The number of hydrogen-bond donors (Lipinski definition) is 1. The summed E-state index contributed by atoms with van der Waals surface area (Å²) in [6.45, 7) is 1.56. The van der Waals surface area contributed by atoms with Crippen LogP contribution in [0.4, 0.5) is 13.2 Å². The average Bonchev–Trinajstić information content (AvgIpc) is 2.59. The molecule has 134 valence electrons. The zero-order valence-electron chi connectivity index (χ0n) is 13.8. The third-order valence-corrected chi connectivity index (χ3v) is 3.65. The molecule has 1 N–H and O–H groups in total. The third kappa shape index (κ3) is 6.49. The number of carbonyl (C=O) groups is 1. The van der Waals surface area contributed by atoms with Crippen LogP contribution in [0, 0.1) is 0 Å². The smallest absolute Gasteiger partial charge is 0.416 e. The second-order valence-corrected chi connectivity index (χ2v) is 5.81. The van der Waals surface area contributed by atoms with Crippen LogP contribution in [0.15, 0.2) is 54.6 Å². The monoisotopic (exact) mass is 351 g/mol. The molecule has 0 spiro atoms. The van der Waals surface area contributed by atoms with Crippen molar-refractivity contribution in [2.45, 2.75) is 32.0 Å². The topological polar surface area (TPSA) is 38.3 Å². The van der Waals surface area contributed by atoms with Crippen LogP contribution in [0.3, 0.4) is 0 Å². The van der Waals surface area contributed by atoms with E-state index in [4.69, 9.17) is 4.74 Å². The summed E-state index contributed by atoms with van der Waals surface area (Å²) in [5, 5.41) is 2.78. The Kier molecular flexibility index (Phi) is 6.44. The van der Waals surface area contributed by atoms with Gasteiger partial charge in [-0.1, -0.05) is 36.4 Å². The maximum atomic E-state index is 12.6.